The molecule has 0 unspecified atom stereocenters. The molecule has 0 aromatic carbocycles. The molecule has 0 fully saturated rings. The molecule has 0 saturated heterocycles. The molecule has 0 aliphatic carbocycles. The van der Waals surface area contributed by atoms with E-state index in [-0.39, 0.29) is 5.91 Å². The van der Waals surface area contributed by atoms with Crippen molar-refractivity contribution in [3.05, 3.63) is 35.6 Å². The van der Waals surface area contributed by atoms with Crippen LogP contribution in [-0.2, 0) is 0 Å². The van der Waals surface area contributed by atoms with Gasteiger partial charge in [0.2, 0.25) is 0 Å². The number of nitrogen functional groups attached to an aromatic ring is 1. The van der Waals surface area contributed by atoms with Gasteiger partial charge in [-0.1, -0.05) is 0 Å². The molecule has 1 amide bonds. The lowest BCUT2D eigenvalue weighted by Crippen LogP contribution is -2.17. The van der Waals surface area contributed by atoms with Crippen molar-refractivity contribution in [1.82, 2.24) is 9.97 Å². The molecule has 2 heterocycles. The molecular weight excluding hydrogens is 226 g/mol. The fourth-order valence-electron chi connectivity index (χ4n) is 1.15. The molecule has 4 N–H and O–H groups in total. The molecule has 2 aromatic rings. The summed E-state index contributed by atoms with van der Waals surface area (Å²) in [5.74, 6) is 5.00. The first-order valence-electron chi connectivity index (χ1n) is 4.42. The summed E-state index contributed by atoms with van der Waals surface area (Å²) in [6.45, 7) is 0. The van der Waals surface area contributed by atoms with Crippen LogP contribution in [0.3, 0.4) is 0 Å². The highest BCUT2D eigenvalue weighted by molar-refractivity contribution is 7.13. The Labute approximate surface area is 95.5 Å². The monoisotopic (exact) mass is 235 g/mol. The van der Waals surface area contributed by atoms with Gasteiger partial charge in [-0.3, -0.25) is 20.9 Å². The Balaban J connectivity index is 2.21. The largest absolute Gasteiger partial charge is 0.323 e. The number of carbonyl (C=O) groups is 1. The quantitative estimate of drug-likeness (QED) is 0.546. The smallest absolute Gasteiger partial charge is 0.261 e. The summed E-state index contributed by atoms with van der Waals surface area (Å²) in [7, 11) is 0. The highest BCUT2D eigenvalue weighted by Crippen LogP contribution is 2.16. The summed E-state index contributed by atoms with van der Waals surface area (Å²) in [4.78, 5) is 19.6. The van der Waals surface area contributed by atoms with E-state index in [1.165, 1.54) is 17.5 Å². The predicted molar refractivity (Wildman–Crippen MR) is 62.1 cm³/mol. The molecule has 0 aliphatic heterocycles. The maximum Gasteiger partial charge on any atom is 0.261 e. The second-order valence-corrected chi connectivity index (χ2v) is 3.75. The fourth-order valence-corrected chi connectivity index (χ4v) is 1.67. The summed E-state index contributed by atoms with van der Waals surface area (Å²) in [5.41, 5.74) is 3.33. The zero-order valence-corrected chi connectivity index (χ0v) is 8.99. The summed E-state index contributed by atoms with van der Waals surface area (Å²) in [6.07, 6.45) is 4.61. The molecule has 0 spiro atoms. The number of nitrogens with zero attached hydrogens (tertiary/aromatic N) is 2. The molecule has 82 valence electrons. The fraction of sp³-hybridized carbons (Fsp3) is 0. The first-order valence-corrected chi connectivity index (χ1v) is 5.30. The molecule has 2 rings (SSSR count). The Bertz CT molecular complexity index is 484. The SMILES string of the molecule is NNc1ccncc1C(=O)Nc1nccs1. The second-order valence-electron chi connectivity index (χ2n) is 2.86. The number of anilines is 2. The molecule has 16 heavy (non-hydrogen) atoms. The van der Waals surface area contributed by atoms with Gasteiger partial charge >= 0.3 is 0 Å². The first kappa shape index (κ1) is 10.5. The number of nitrogens with two attached hydrogens (primary N) is 1. The van der Waals surface area contributed by atoms with E-state index in [4.69, 9.17) is 5.84 Å². The third-order valence-electron chi connectivity index (χ3n) is 1.87. The van der Waals surface area contributed by atoms with Gasteiger partial charge in [-0.15, -0.1) is 11.3 Å². The van der Waals surface area contributed by atoms with E-state index >= 15 is 0 Å². The summed E-state index contributed by atoms with van der Waals surface area (Å²) < 4.78 is 0. The summed E-state index contributed by atoms with van der Waals surface area (Å²) in [5, 5.41) is 4.96. The Kier molecular flexibility index (Phi) is 3.08. The number of amides is 1. The lowest BCUT2D eigenvalue weighted by molar-refractivity contribution is 0.102. The molecule has 0 atom stereocenters. The van der Waals surface area contributed by atoms with E-state index in [0.29, 0.717) is 16.4 Å². The van der Waals surface area contributed by atoms with Crippen molar-refractivity contribution in [2.24, 2.45) is 5.84 Å². The van der Waals surface area contributed by atoms with E-state index in [2.05, 4.69) is 20.7 Å². The number of rotatable bonds is 3. The van der Waals surface area contributed by atoms with Gasteiger partial charge in [-0.05, 0) is 6.07 Å². The Morgan fingerprint density at radius 2 is 2.31 bits per heavy atom. The molecule has 0 bridgehead atoms. The topological polar surface area (TPSA) is 92.9 Å². The minimum Gasteiger partial charge on any atom is -0.323 e. The number of thiazole rings is 1. The summed E-state index contributed by atoms with van der Waals surface area (Å²) >= 11 is 1.34. The molecule has 0 saturated carbocycles. The van der Waals surface area contributed by atoms with Crippen LogP contribution in [0.2, 0.25) is 0 Å². The van der Waals surface area contributed by atoms with Gasteiger partial charge in [0.25, 0.3) is 5.91 Å². The number of pyridine rings is 1. The molecule has 7 heteroatoms. The minimum atomic E-state index is -0.295. The van der Waals surface area contributed by atoms with Crippen molar-refractivity contribution < 1.29 is 4.79 Å². The Morgan fingerprint density at radius 3 is 3.00 bits per heavy atom. The van der Waals surface area contributed by atoms with Crippen LogP contribution in [-0.4, -0.2) is 15.9 Å². The van der Waals surface area contributed by atoms with E-state index < -0.39 is 0 Å². The van der Waals surface area contributed by atoms with Crippen LogP contribution >= 0.6 is 11.3 Å². The van der Waals surface area contributed by atoms with Crippen LogP contribution < -0.4 is 16.6 Å². The van der Waals surface area contributed by atoms with E-state index in [9.17, 15) is 4.79 Å². The van der Waals surface area contributed by atoms with Crippen LogP contribution in [0.5, 0.6) is 0 Å². The highest BCUT2D eigenvalue weighted by atomic mass is 32.1. The third kappa shape index (κ3) is 2.15. The van der Waals surface area contributed by atoms with E-state index in [1.54, 1.807) is 23.8 Å². The maximum atomic E-state index is 11.8. The van der Waals surface area contributed by atoms with Crippen molar-refractivity contribution in [3.63, 3.8) is 0 Å². The van der Waals surface area contributed by atoms with E-state index in [0.717, 1.165) is 0 Å². The first-order chi connectivity index (χ1) is 7.81. The number of hydrogen-bond donors (Lipinski definition) is 3. The normalized spacial score (nSPS) is 9.81. The van der Waals surface area contributed by atoms with Gasteiger partial charge in [-0.25, -0.2) is 4.98 Å². The average molecular weight is 235 g/mol. The van der Waals surface area contributed by atoms with Crippen LogP contribution in [0.1, 0.15) is 10.4 Å². The van der Waals surface area contributed by atoms with E-state index in [1.807, 2.05) is 0 Å². The standard InChI is InChI=1S/C9H9N5OS/c10-14-7-1-2-11-5-6(7)8(15)13-9-12-3-4-16-9/h1-5H,10H2,(H,11,14)(H,12,13,15). The molecule has 0 aliphatic rings. The van der Waals surface area contributed by atoms with Crippen molar-refractivity contribution in [2.75, 3.05) is 10.7 Å². The van der Waals surface area contributed by atoms with Crippen LogP contribution in [0, 0.1) is 0 Å². The average Bonchev–Trinajstić information content (AvgIpc) is 2.81. The lowest BCUT2D eigenvalue weighted by atomic mass is 10.2. The second kappa shape index (κ2) is 4.69. The van der Waals surface area contributed by atoms with Crippen LogP contribution in [0.4, 0.5) is 10.8 Å². The lowest BCUT2D eigenvalue weighted by Gasteiger charge is -2.06. The van der Waals surface area contributed by atoms with Crippen molar-refractivity contribution >= 4 is 28.1 Å². The van der Waals surface area contributed by atoms with Crippen LogP contribution in [0.25, 0.3) is 0 Å². The van der Waals surface area contributed by atoms with Gasteiger partial charge in [0.1, 0.15) is 0 Å². The predicted octanol–water partition coefficient (Wildman–Crippen LogP) is 1.08. The number of aromatic nitrogens is 2. The summed E-state index contributed by atoms with van der Waals surface area (Å²) in [6, 6.07) is 1.62. The number of hydrogen-bond acceptors (Lipinski definition) is 6. The van der Waals surface area contributed by atoms with Gasteiger partial charge < -0.3 is 5.43 Å². The highest BCUT2D eigenvalue weighted by Gasteiger charge is 2.11. The van der Waals surface area contributed by atoms with Gasteiger partial charge in [-0.2, -0.15) is 0 Å². The third-order valence-corrected chi connectivity index (χ3v) is 2.56. The minimum absolute atomic E-state index is 0.295. The van der Waals surface area contributed by atoms with Gasteiger partial charge in [0.15, 0.2) is 5.13 Å². The number of hydrazine groups is 1. The molecule has 6 nitrogen and oxygen atoms in total. The Morgan fingerprint density at radius 1 is 1.44 bits per heavy atom. The maximum absolute atomic E-state index is 11.8. The molecule has 2 aromatic heterocycles. The zero-order valence-electron chi connectivity index (χ0n) is 8.18. The van der Waals surface area contributed by atoms with Crippen LogP contribution in [0.15, 0.2) is 30.0 Å². The van der Waals surface area contributed by atoms with Crippen molar-refractivity contribution in [2.45, 2.75) is 0 Å². The van der Waals surface area contributed by atoms with Crippen molar-refractivity contribution in [3.8, 4) is 0 Å². The Hall–Kier alpha value is -1.99. The number of nitrogens with one attached hydrogen (secondary N) is 2. The van der Waals surface area contributed by atoms with Gasteiger partial charge in [0.05, 0.1) is 11.3 Å². The molecular formula is C9H9N5OS. The molecule has 0 radical (unpaired) electrons. The van der Waals surface area contributed by atoms with Gasteiger partial charge in [0, 0.05) is 24.0 Å². The number of carbonyl (C=O) groups excluding carboxylic acids is 1. The van der Waals surface area contributed by atoms with Crippen molar-refractivity contribution in [1.29, 1.82) is 0 Å². The zero-order chi connectivity index (χ0) is 11.4.